The van der Waals surface area contributed by atoms with Crippen LogP contribution in [0.2, 0.25) is 0 Å². The average molecular weight is 827 g/mol. The molecule has 8 rings (SSSR count). The molecule has 302 valence electrons. The van der Waals surface area contributed by atoms with Gasteiger partial charge in [-0.05, 0) is 117 Å². The van der Waals surface area contributed by atoms with E-state index in [1.165, 1.54) is 11.1 Å². The lowest BCUT2D eigenvalue weighted by Crippen LogP contribution is -2.01. The van der Waals surface area contributed by atoms with Crippen LogP contribution in [-0.2, 0) is 9.59 Å². The van der Waals surface area contributed by atoms with E-state index in [0.717, 1.165) is 80.6 Å². The molecule has 12 heteroatoms. The van der Waals surface area contributed by atoms with Crippen molar-refractivity contribution in [2.45, 2.75) is 58.8 Å². The van der Waals surface area contributed by atoms with Crippen LogP contribution in [-0.4, -0.2) is 54.5 Å². The smallest absolute Gasteiger partial charge is 0.303 e. The van der Waals surface area contributed by atoms with Gasteiger partial charge in [0, 0.05) is 58.2 Å². The van der Waals surface area contributed by atoms with E-state index in [-0.39, 0.29) is 12.8 Å². The van der Waals surface area contributed by atoms with Gasteiger partial charge < -0.3 is 19.7 Å². The van der Waals surface area contributed by atoms with Crippen molar-refractivity contribution in [3.63, 3.8) is 0 Å². The van der Waals surface area contributed by atoms with E-state index >= 15 is 0 Å². The molecule has 0 aliphatic heterocycles. The second kappa shape index (κ2) is 19.5. The molecule has 0 aliphatic carbocycles. The number of hydrogen-bond donors (Lipinski definition) is 2. The van der Waals surface area contributed by atoms with Crippen LogP contribution in [0.1, 0.15) is 56.1 Å². The maximum Gasteiger partial charge on any atom is 0.303 e. The zero-order valence-corrected chi connectivity index (χ0v) is 34.7. The molecule has 4 aromatic carbocycles. The van der Waals surface area contributed by atoms with Crippen LogP contribution < -0.4 is 9.47 Å². The molecule has 0 unspecified atom stereocenters. The molecule has 0 spiro atoms. The van der Waals surface area contributed by atoms with Gasteiger partial charge in [-0.25, -0.2) is 9.97 Å². The van der Waals surface area contributed by atoms with Crippen molar-refractivity contribution in [3.8, 4) is 45.6 Å². The number of benzene rings is 4. The van der Waals surface area contributed by atoms with E-state index in [0.29, 0.717) is 32.5 Å². The Bertz CT molecular complexity index is 2610. The number of carboxylic acids is 2. The van der Waals surface area contributed by atoms with E-state index in [9.17, 15) is 9.59 Å². The zero-order valence-electron chi connectivity index (χ0n) is 33.0. The summed E-state index contributed by atoms with van der Waals surface area (Å²) in [6.45, 7) is 5.22. The summed E-state index contributed by atoms with van der Waals surface area (Å²) in [5.74, 6) is 1.87. The number of nitrogens with zero attached hydrogens (tertiary/aromatic N) is 4. The standard InChI is InChI=1S/C24H24N2O3S.C23H22N2O3S/c1-17-6-8-19(9-7-17)26-22-15-20(29-13-4-2-3-5-23(27)28)10-11-21(22)25-24(26)18-12-14-30-16-18;1-16-5-7-18(8-6-16)25-21-14-19(28-12-3-2-4-22(26)27)9-10-20(21)24-23(25)17-11-13-29-15-17/h6-12,14-16H,2-5,13H2,1H3,(H,27,28);5-11,13-15H,2-4,12H2,1H3,(H,26,27). The highest BCUT2D eigenvalue weighted by Gasteiger charge is 2.17. The number of fused-ring (bicyclic) bond motifs is 2. The summed E-state index contributed by atoms with van der Waals surface area (Å²) in [6, 6.07) is 32.9. The molecular formula is C47H46N4O6S2. The molecular weight excluding hydrogens is 781 g/mol. The lowest BCUT2D eigenvalue weighted by molar-refractivity contribution is -0.138. The summed E-state index contributed by atoms with van der Waals surface area (Å²) in [4.78, 5) is 31.0. The number of aromatic nitrogens is 4. The predicted octanol–water partition coefficient (Wildman–Crippen LogP) is 11.8. The van der Waals surface area contributed by atoms with Crippen molar-refractivity contribution in [2.24, 2.45) is 0 Å². The Balaban J connectivity index is 0.000000179. The van der Waals surface area contributed by atoms with Crippen molar-refractivity contribution in [2.75, 3.05) is 13.2 Å². The van der Waals surface area contributed by atoms with Crippen molar-refractivity contribution in [1.29, 1.82) is 0 Å². The van der Waals surface area contributed by atoms with Gasteiger partial charge in [-0.2, -0.15) is 22.7 Å². The van der Waals surface area contributed by atoms with Gasteiger partial charge in [0.25, 0.3) is 0 Å². The predicted molar refractivity (Wildman–Crippen MR) is 237 cm³/mol. The number of carbonyl (C=O) groups is 2. The highest BCUT2D eigenvalue weighted by atomic mass is 32.1. The molecule has 4 heterocycles. The summed E-state index contributed by atoms with van der Waals surface area (Å²) in [7, 11) is 0. The highest BCUT2D eigenvalue weighted by Crippen LogP contribution is 2.34. The molecule has 0 aliphatic rings. The largest absolute Gasteiger partial charge is 0.494 e. The van der Waals surface area contributed by atoms with Crippen LogP contribution in [0.4, 0.5) is 0 Å². The number of imidazole rings is 2. The maximum absolute atomic E-state index is 10.6. The van der Waals surface area contributed by atoms with Gasteiger partial charge in [0.05, 0.1) is 35.3 Å². The molecule has 2 N–H and O–H groups in total. The minimum Gasteiger partial charge on any atom is -0.494 e. The van der Waals surface area contributed by atoms with Crippen molar-refractivity contribution in [1.82, 2.24) is 19.1 Å². The summed E-state index contributed by atoms with van der Waals surface area (Å²) in [5.41, 5.74) is 10.5. The number of aryl methyl sites for hydroxylation is 2. The van der Waals surface area contributed by atoms with Gasteiger partial charge in [-0.3, -0.25) is 18.7 Å². The molecule has 59 heavy (non-hydrogen) atoms. The number of rotatable bonds is 17. The Morgan fingerprint density at radius 2 is 0.983 bits per heavy atom. The summed E-state index contributed by atoms with van der Waals surface area (Å²) < 4.78 is 16.2. The van der Waals surface area contributed by atoms with E-state index in [1.54, 1.807) is 22.7 Å². The third-order valence-corrected chi connectivity index (χ3v) is 11.1. The summed E-state index contributed by atoms with van der Waals surface area (Å²) in [5, 5.41) is 25.8. The van der Waals surface area contributed by atoms with Crippen LogP contribution in [0.3, 0.4) is 0 Å². The van der Waals surface area contributed by atoms with Gasteiger partial charge in [0.15, 0.2) is 0 Å². The Kier molecular flexibility index (Phi) is 13.5. The van der Waals surface area contributed by atoms with Crippen LogP contribution in [0.25, 0.3) is 56.2 Å². The van der Waals surface area contributed by atoms with Crippen LogP contribution in [0.15, 0.2) is 119 Å². The average Bonchev–Trinajstić information content (AvgIpc) is 4.06. The SMILES string of the molecule is Cc1ccc(-n2c(-c3ccsc3)nc3ccc(OCCCCC(=O)O)cc32)cc1.Cc1ccc(-n2c(-c3ccsc3)nc3ccc(OCCCCCC(=O)O)cc32)cc1. The second-order valence-electron chi connectivity index (χ2n) is 14.3. The Morgan fingerprint density at radius 3 is 1.39 bits per heavy atom. The van der Waals surface area contributed by atoms with Crippen molar-refractivity contribution in [3.05, 3.63) is 130 Å². The number of ether oxygens (including phenoxy) is 2. The first kappa shape index (κ1) is 40.9. The third kappa shape index (κ3) is 10.4. The first-order valence-electron chi connectivity index (χ1n) is 19.7. The lowest BCUT2D eigenvalue weighted by Gasteiger charge is -2.10. The molecule has 0 bridgehead atoms. The minimum atomic E-state index is -0.769. The number of aliphatic carboxylic acids is 2. The normalized spacial score (nSPS) is 11.1. The molecule has 0 amide bonds. The molecule has 0 radical (unpaired) electrons. The van der Waals surface area contributed by atoms with Crippen molar-refractivity contribution < 1.29 is 29.3 Å². The Morgan fingerprint density at radius 1 is 0.559 bits per heavy atom. The van der Waals surface area contributed by atoms with Gasteiger partial charge in [-0.1, -0.05) is 35.4 Å². The molecule has 10 nitrogen and oxygen atoms in total. The fraction of sp³-hybridized carbons (Fsp3) is 0.234. The maximum atomic E-state index is 10.6. The fourth-order valence-electron chi connectivity index (χ4n) is 6.68. The summed E-state index contributed by atoms with van der Waals surface area (Å²) >= 11 is 3.31. The van der Waals surface area contributed by atoms with Gasteiger partial charge >= 0.3 is 11.9 Å². The molecule has 0 saturated carbocycles. The minimum absolute atomic E-state index is 0.173. The van der Waals surface area contributed by atoms with E-state index < -0.39 is 11.9 Å². The summed E-state index contributed by atoms with van der Waals surface area (Å²) in [6.07, 6.45) is 4.07. The van der Waals surface area contributed by atoms with Gasteiger partial charge in [0.1, 0.15) is 23.1 Å². The van der Waals surface area contributed by atoms with Crippen LogP contribution in [0, 0.1) is 13.8 Å². The number of thiophene rings is 2. The number of hydrogen-bond acceptors (Lipinski definition) is 8. The van der Waals surface area contributed by atoms with E-state index in [2.05, 4.69) is 105 Å². The lowest BCUT2D eigenvalue weighted by atomic mass is 10.2. The number of unbranched alkanes of at least 4 members (excludes halogenated alkanes) is 3. The van der Waals surface area contributed by atoms with Gasteiger partial charge in [0.2, 0.25) is 0 Å². The molecule has 0 fully saturated rings. The molecule has 0 saturated heterocycles. The topological polar surface area (TPSA) is 129 Å². The van der Waals surface area contributed by atoms with Crippen molar-refractivity contribution >= 4 is 56.7 Å². The zero-order chi connectivity index (χ0) is 41.1. The van der Waals surface area contributed by atoms with Gasteiger partial charge in [-0.15, -0.1) is 0 Å². The Labute approximate surface area is 351 Å². The highest BCUT2D eigenvalue weighted by molar-refractivity contribution is 7.08. The first-order chi connectivity index (χ1) is 28.7. The fourth-order valence-corrected chi connectivity index (χ4v) is 7.95. The first-order valence-corrected chi connectivity index (χ1v) is 21.6. The molecule has 0 atom stereocenters. The van der Waals surface area contributed by atoms with Crippen LogP contribution >= 0.6 is 22.7 Å². The van der Waals surface area contributed by atoms with Crippen LogP contribution in [0.5, 0.6) is 11.5 Å². The van der Waals surface area contributed by atoms with E-state index in [4.69, 9.17) is 29.7 Å². The third-order valence-electron chi connectivity index (χ3n) is 9.75. The Hall–Kier alpha value is -6.24. The monoisotopic (exact) mass is 826 g/mol. The molecule has 8 aromatic rings. The quantitative estimate of drug-likeness (QED) is 0.0868. The number of carboxylic acid groups (broad SMARTS) is 2. The molecule has 4 aromatic heterocycles. The van der Waals surface area contributed by atoms with E-state index in [1.807, 2.05) is 36.4 Å². The second-order valence-corrected chi connectivity index (χ2v) is 15.9.